The van der Waals surface area contributed by atoms with Crippen molar-refractivity contribution in [1.29, 1.82) is 0 Å². The first-order valence-corrected chi connectivity index (χ1v) is 4.12. The first kappa shape index (κ1) is 8.26. The van der Waals surface area contributed by atoms with E-state index in [2.05, 4.69) is 0 Å². The Kier molecular flexibility index (Phi) is 2.02. The van der Waals surface area contributed by atoms with Gasteiger partial charge in [-0.2, -0.15) is 0 Å². The Balaban J connectivity index is 2.39. The van der Waals surface area contributed by atoms with Gasteiger partial charge in [-0.1, -0.05) is 12.1 Å². The van der Waals surface area contributed by atoms with Crippen LogP contribution in [0.25, 0.3) is 0 Å². The van der Waals surface area contributed by atoms with Crippen LogP contribution in [0.4, 0.5) is 0 Å². The molecular weight excluding hydrogens is 168 g/mol. The molecule has 68 valence electrons. The van der Waals surface area contributed by atoms with Crippen LogP contribution < -0.4 is 4.74 Å². The van der Waals surface area contributed by atoms with Crippen molar-refractivity contribution in [2.45, 2.75) is 6.10 Å². The van der Waals surface area contributed by atoms with E-state index in [-0.39, 0.29) is 5.78 Å². The lowest BCUT2D eigenvalue weighted by molar-refractivity contribution is 0.0368. The predicted molar refractivity (Wildman–Crippen MR) is 47.1 cm³/mol. The van der Waals surface area contributed by atoms with E-state index in [1.165, 1.54) is 7.11 Å². The van der Waals surface area contributed by atoms with Gasteiger partial charge in [0, 0.05) is 7.11 Å². The number of ether oxygens (including phenoxy) is 2. The van der Waals surface area contributed by atoms with Gasteiger partial charge >= 0.3 is 0 Å². The lowest BCUT2D eigenvalue weighted by Crippen LogP contribution is -2.34. The zero-order valence-corrected chi connectivity index (χ0v) is 7.32. The van der Waals surface area contributed by atoms with Gasteiger partial charge in [-0.3, -0.25) is 4.79 Å². The Bertz CT molecular complexity index is 333. The highest BCUT2D eigenvalue weighted by Crippen LogP contribution is 2.24. The number of fused-ring (bicyclic) bond motifs is 1. The molecule has 0 aromatic heterocycles. The molecule has 0 spiro atoms. The lowest BCUT2D eigenvalue weighted by atomic mass is 10.0. The number of hydrogen-bond acceptors (Lipinski definition) is 3. The molecule has 0 saturated carbocycles. The van der Waals surface area contributed by atoms with E-state index >= 15 is 0 Å². The summed E-state index contributed by atoms with van der Waals surface area (Å²) in [7, 11) is 1.51. The number of hydrogen-bond donors (Lipinski definition) is 0. The highest BCUT2D eigenvalue weighted by atomic mass is 16.5. The fraction of sp³-hybridized carbons (Fsp3) is 0.300. The number of carbonyl (C=O) groups is 1. The summed E-state index contributed by atoms with van der Waals surface area (Å²) in [6.45, 7) is 0.312. The van der Waals surface area contributed by atoms with Crippen LogP contribution >= 0.6 is 0 Å². The predicted octanol–water partition coefficient (Wildman–Crippen LogP) is 1.28. The minimum Gasteiger partial charge on any atom is -0.490 e. The summed E-state index contributed by atoms with van der Waals surface area (Å²) < 4.78 is 10.3. The summed E-state index contributed by atoms with van der Waals surface area (Å²) in [6.07, 6.45) is -0.449. The molecule has 2 rings (SSSR count). The summed E-state index contributed by atoms with van der Waals surface area (Å²) in [4.78, 5) is 11.6. The maximum atomic E-state index is 11.6. The third kappa shape index (κ3) is 1.31. The van der Waals surface area contributed by atoms with E-state index < -0.39 is 6.10 Å². The van der Waals surface area contributed by atoms with Crippen LogP contribution in [-0.4, -0.2) is 25.6 Å². The van der Waals surface area contributed by atoms with Gasteiger partial charge < -0.3 is 9.47 Å². The molecule has 1 aliphatic rings. The molecule has 0 bridgehead atoms. The number of methoxy groups -OCH3 is 1. The van der Waals surface area contributed by atoms with Crippen LogP contribution in [0.3, 0.4) is 0 Å². The molecule has 0 saturated heterocycles. The van der Waals surface area contributed by atoms with Crippen molar-refractivity contribution in [3.63, 3.8) is 0 Å². The first-order chi connectivity index (χ1) is 6.33. The van der Waals surface area contributed by atoms with Crippen LogP contribution in [0, 0.1) is 0 Å². The molecule has 13 heavy (non-hydrogen) atoms. The zero-order valence-electron chi connectivity index (χ0n) is 7.32. The second-order valence-corrected chi connectivity index (χ2v) is 2.90. The Labute approximate surface area is 76.3 Å². The average molecular weight is 178 g/mol. The minimum absolute atomic E-state index is 0.00403. The van der Waals surface area contributed by atoms with E-state index in [1.54, 1.807) is 12.1 Å². The largest absolute Gasteiger partial charge is 0.490 e. The van der Waals surface area contributed by atoms with Crippen molar-refractivity contribution >= 4 is 5.78 Å². The van der Waals surface area contributed by atoms with E-state index in [1.807, 2.05) is 12.1 Å². The van der Waals surface area contributed by atoms with Crippen molar-refractivity contribution in [2.75, 3.05) is 13.7 Å². The molecule has 1 heterocycles. The van der Waals surface area contributed by atoms with Gasteiger partial charge in [0.1, 0.15) is 12.4 Å². The Morgan fingerprint density at radius 1 is 1.46 bits per heavy atom. The smallest absolute Gasteiger partial charge is 0.198 e. The van der Waals surface area contributed by atoms with Crippen LogP contribution in [0.2, 0.25) is 0 Å². The molecule has 3 heteroatoms. The maximum Gasteiger partial charge on any atom is 0.198 e. The SMILES string of the molecule is CO[C@H]1COc2ccccc2C1=O. The highest BCUT2D eigenvalue weighted by molar-refractivity contribution is 6.02. The molecule has 0 fully saturated rings. The summed E-state index contributed by atoms with van der Waals surface area (Å²) in [5.41, 5.74) is 0.612. The van der Waals surface area contributed by atoms with Crippen molar-refractivity contribution in [2.24, 2.45) is 0 Å². The molecule has 1 aromatic rings. The number of carbonyl (C=O) groups excluding carboxylic acids is 1. The fourth-order valence-electron chi connectivity index (χ4n) is 1.39. The van der Waals surface area contributed by atoms with E-state index in [0.29, 0.717) is 17.9 Å². The maximum absolute atomic E-state index is 11.6. The van der Waals surface area contributed by atoms with Gasteiger partial charge in [-0.15, -0.1) is 0 Å². The van der Waals surface area contributed by atoms with Crippen LogP contribution in [0.15, 0.2) is 24.3 Å². The second kappa shape index (κ2) is 3.18. The quantitative estimate of drug-likeness (QED) is 0.649. The average Bonchev–Trinajstić information content (AvgIpc) is 2.19. The molecule has 0 N–H and O–H groups in total. The van der Waals surface area contributed by atoms with Gasteiger partial charge in [0.05, 0.1) is 5.56 Å². The van der Waals surface area contributed by atoms with Crippen LogP contribution in [0.1, 0.15) is 10.4 Å². The zero-order chi connectivity index (χ0) is 9.26. The standard InChI is InChI=1S/C10H10O3/c1-12-9-6-13-8-5-3-2-4-7(8)10(9)11/h2-5,9H,6H2,1H3/t9-/m0/s1. The summed E-state index contributed by atoms with van der Waals surface area (Å²) in [5, 5.41) is 0. The molecule has 0 unspecified atom stereocenters. The van der Waals surface area contributed by atoms with Crippen molar-refractivity contribution in [3.8, 4) is 5.75 Å². The van der Waals surface area contributed by atoms with Gasteiger partial charge in [0.25, 0.3) is 0 Å². The van der Waals surface area contributed by atoms with Crippen molar-refractivity contribution in [3.05, 3.63) is 29.8 Å². The number of Topliss-reactive ketones (excluding diaryl/α,β-unsaturated/α-hetero) is 1. The third-order valence-corrected chi connectivity index (χ3v) is 2.12. The van der Waals surface area contributed by atoms with Gasteiger partial charge in [-0.25, -0.2) is 0 Å². The van der Waals surface area contributed by atoms with Gasteiger partial charge in [0.2, 0.25) is 0 Å². The highest BCUT2D eigenvalue weighted by Gasteiger charge is 2.27. The molecule has 3 nitrogen and oxygen atoms in total. The summed E-state index contributed by atoms with van der Waals surface area (Å²) in [6, 6.07) is 7.21. The Morgan fingerprint density at radius 2 is 2.23 bits per heavy atom. The number of para-hydroxylation sites is 1. The van der Waals surface area contributed by atoms with E-state index in [0.717, 1.165) is 0 Å². The number of ketones is 1. The monoisotopic (exact) mass is 178 g/mol. The fourth-order valence-corrected chi connectivity index (χ4v) is 1.39. The molecule has 0 radical (unpaired) electrons. The molecule has 1 aromatic carbocycles. The Hall–Kier alpha value is -1.35. The van der Waals surface area contributed by atoms with E-state index in [4.69, 9.17) is 9.47 Å². The number of rotatable bonds is 1. The normalized spacial score (nSPS) is 20.7. The molecule has 1 aliphatic heterocycles. The third-order valence-electron chi connectivity index (χ3n) is 2.12. The molecular formula is C10H10O3. The van der Waals surface area contributed by atoms with Crippen molar-refractivity contribution in [1.82, 2.24) is 0 Å². The first-order valence-electron chi connectivity index (χ1n) is 4.12. The van der Waals surface area contributed by atoms with Crippen LogP contribution in [0.5, 0.6) is 5.75 Å². The number of benzene rings is 1. The molecule has 0 amide bonds. The van der Waals surface area contributed by atoms with Gasteiger partial charge in [-0.05, 0) is 12.1 Å². The lowest BCUT2D eigenvalue weighted by Gasteiger charge is -2.22. The topological polar surface area (TPSA) is 35.5 Å². The molecule has 0 aliphatic carbocycles. The Morgan fingerprint density at radius 3 is 3.00 bits per heavy atom. The molecule has 1 atom stereocenters. The minimum atomic E-state index is -0.449. The summed E-state index contributed by atoms with van der Waals surface area (Å²) >= 11 is 0. The van der Waals surface area contributed by atoms with Crippen LogP contribution in [-0.2, 0) is 4.74 Å². The summed E-state index contributed by atoms with van der Waals surface area (Å²) in [5.74, 6) is 0.658. The van der Waals surface area contributed by atoms with Crippen molar-refractivity contribution < 1.29 is 14.3 Å². The second-order valence-electron chi connectivity index (χ2n) is 2.90. The van der Waals surface area contributed by atoms with Gasteiger partial charge in [0.15, 0.2) is 11.9 Å². The van der Waals surface area contributed by atoms with E-state index in [9.17, 15) is 4.79 Å².